The highest BCUT2D eigenvalue weighted by Crippen LogP contribution is 2.28. The van der Waals surface area contributed by atoms with Gasteiger partial charge in [0.25, 0.3) is 11.8 Å². The molecule has 0 spiro atoms. The molecule has 10 heteroatoms. The quantitative estimate of drug-likeness (QED) is 0.522. The SMILES string of the molecule is Cc1nn(C)c2nc(-c3ccc(Cl)cc3)cc(C(=O)Nc3cnn(C)c3C(N)=O)c12. The minimum Gasteiger partial charge on any atom is -0.364 e. The van der Waals surface area contributed by atoms with Crippen LogP contribution in [-0.4, -0.2) is 36.4 Å². The molecule has 30 heavy (non-hydrogen) atoms. The van der Waals surface area contributed by atoms with E-state index in [0.29, 0.717) is 33.0 Å². The zero-order valence-corrected chi connectivity index (χ0v) is 17.2. The van der Waals surface area contributed by atoms with Gasteiger partial charge in [0.05, 0.1) is 34.2 Å². The molecule has 3 aromatic heterocycles. The van der Waals surface area contributed by atoms with Gasteiger partial charge in [-0.05, 0) is 25.1 Å². The van der Waals surface area contributed by atoms with Crippen LogP contribution in [-0.2, 0) is 14.1 Å². The number of primary amides is 1. The van der Waals surface area contributed by atoms with Crippen molar-refractivity contribution < 1.29 is 9.59 Å². The number of benzene rings is 1. The lowest BCUT2D eigenvalue weighted by atomic mass is 10.0. The maximum absolute atomic E-state index is 13.2. The molecular formula is C20H18ClN7O2. The number of aryl methyl sites for hydroxylation is 3. The fraction of sp³-hybridized carbons (Fsp3) is 0.150. The molecule has 0 unspecified atom stereocenters. The van der Waals surface area contributed by atoms with Gasteiger partial charge in [-0.15, -0.1) is 0 Å². The molecule has 4 rings (SSSR count). The molecule has 0 radical (unpaired) electrons. The number of amides is 2. The first-order chi connectivity index (χ1) is 14.3. The summed E-state index contributed by atoms with van der Waals surface area (Å²) < 4.78 is 2.94. The van der Waals surface area contributed by atoms with Crippen LogP contribution in [0.4, 0.5) is 5.69 Å². The topological polar surface area (TPSA) is 121 Å². The summed E-state index contributed by atoms with van der Waals surface area (Å²) in [6, 6.07) is 8.86. The Morgan fingerprint density at radius 1 is 1.13 bits per heavy atom. The second-order valence-electron chi connectivity index (χ2n) is 6.82. The number of aromatic nitrogens is 5. The van der Waals surface area contributed by atoms with Gasteiger partial charge in [-0.3, -0.25) is 19.0 Å². The van der Waals surface area contributed by atoms with Gasteiger partial charge in [0.2, 0.25) is 0 Å². The minimum absolute atomic E-state index is 0.106. The van der Waals surface area contributed by atoms with Crippen molar-refractivity contribution in [1.29, 1.82) is 0 Å². The smallest absolute Gasteiger partial charge is 0.269 e. The molecule has 0 bridgehead atoms. The van der Waals surface area contributed by atoms with Gasteiger partial charge >= 0.3 is 0 Å². The Kier molecular flexibility index (Phi) is 4.75. The lowest BCUT2D eigenvalue weighted by molar-refractivity contribution is 0.0992. The van der Waals surface area contributed by atoms with Crippen molar-refractivity contribution in [2.75, 3.05) is 5.32 Å². The summed E-state index contributed by atoms with van der Waals surface area (Å²) in [6.07, 6.45) is 1.38. The lowest BCUT2D eigenvalue weighted by Gasteiger charge is -2.10. The number of fused-ring (bicyclic) bond motifs is 1. The number of carbonyl (C=O) groups is 2. The summed E-state index contributed by atoms with van der Waals surface area (Å²) in [5, 5.41) is 12.4. The van der Waals surface area contributed by atoms with Gasteiger partial charge in [0, 0.05) is 24.7 Å². The normalized spacial score (nSPS) is 11.1. The molecule has 0 fully saturated rings. The number of rotatable bonds is 4. The predicted octanol–water partition coefficient (Wildman–Crippen LogP) is 2.68. The van der Waals surface area contributed by atoms with Crippen LogP contribution >= 0.6 is 11.6 Å². The summed E-state index contributed by atoms with van der Waals surface area (Å²) in [7, 11) is 3.34. The van der Waals surface area contributed by atoms with E-state index in [-0.39, 0.29) is 11.4 Å². The number of anilines is 1. The summed E-state index contributed by atoms with van der Waals surface area (Å²) in [5.41, 5.74) is 8.74. The molecule has 3 heterocycles. The minimum atomic E-state index is -0.690. The molecule has 0 saturated carbocycles. The van der Waals surface area contributed by atoms with E-state index in [1.165, 1.54) is 10.9 Å². The van der Waals surface area contributed by atoms with Crippen LogP contribution in [0.1, 0.15) is 26.5 Å². The highest BCUT2D eigenvalue weighted by atomic mass is 35.5. The Hall–Kier alpha value is -3.72. The van der Waals surface area contributed by atoms with E-state index >= 15 is 0 Å². The Labute approximate surface area is 176 Å². The molecule has 3 N–H and O–H groups in total. The fourth-order valence-electron chi connectivity index (χ4n) is 3.40. The van der Waals surface area contributed by atoms with E-state index in [2.05, 4.69) is 20.5 Å². The summed E-state index contributed by atoms with van der Waals surface area (Å²) in [5.74, 6) is -1.12. The van der Waals surface area contributed by atoms with E-state index in [9.17, 15) is 9.59 Å². The monoisotopic (exact) mass is 423 g/mol. The number of nitrogens with zero attached hydrogens (tertiary/aromatic N) is 5. The Bertz CT molecular complexity index is 1310. The standard InChI is InChI=1S/C20H18ClN7O2/c1-10-16-13(20(30)25-15-9-23-27(2)17(15)18(22)29)8-14(24-19(16)28(3)26-10)11-4-6-12(21)7-5-11/h4-9H,1-3H3,(H2,22,29)(H,25,30). The highest BCUT2D eigenvalue weighted by Gasteiger charge is 2.22. The van der Waals surface area contributed by atoms with Gasteiger partial charge in [-0.25, -0.2) is 4.98 Å². The third-order valence-corrected chi connectivity index (χ3v) is 5.03. The molecule has 0 saturated heterocycles. The first kappa shape index (κ1) is 19.6. The molecule has 0 aliphatic heterocycles. The fourth-order valence-corrected chi connectivity index (χ4v) is 3.53. The number of hydrogen-bond donors (Lipinski definition) is 2. The van der Waals surface area contributed by atoms with E-state index < -0.39 is 11.8 Å². The average Bonchev–Trinajstić information content (AvgIpc) is 3.20. The molecule has 152 valence electrons. The number of nitrogens with two attached hydrogens (primary N) is 1. The number of hydrogen-bond acceptors (Lipinski definition) is 5. The summed E-state index contributed by atoms with van der Waals surface area (Å²) >= 11 is 5.99. The molecular weight excluding hydrogens is 406 g/mol. The zero-order valence-electron chi connectivity index (χ0n) is 16.5. The number of nitrogens with one attached hydrogen (secondary N) is 1. The van der Waals surface area contributed by atoms with E-state index in [0.717, 1.165) is 5.56 Å². The van der Waals surface area contributed by atoms with Crippen LogP contribution in [0.5, 0.6) is 0 Å². The maximum Gasteiger partial charge on any atom is 0.269 e. The molecule has 4 aromatic rings. The molecule has 0 aliphatic carbocycles. The molecule has 9 nitrogen and oxygen atoms in total. The third kappa shape index (κ3) is 3.29. The van der Waals surface area contributed by atoms with Crippen molar-refractivity contribution >= 4 is 40.1 Å². The number of pyridine rings is 1. The van der Waals surface area contributed by atoms with Gasteiger partial charge in [0.15, 0.2) is 5.65 Å². The van der Waals surface area contributed by atoms with Gasteiger partial charge in [-0.1, -0.05) is 23.7 Å². The first-order valence-corrected chi connectivity index (χ1v) is 9.37. The van der Waals surface area contributed by atoms with Crippen molar-refractivity contribution in [1.82, 2.24) is 24.5 Å². The van der Waals surface area contributed by atoms with Crippen molar-refractivity contribution in [3.8, 4) is 11.3 Å². The van der Waals surface area contributed by atoms with E-state index in [1.807, 2.05) is 19.1 Å². The molecule has 0 aliphatic rings. The third-order valence-electron chi connectivity index (χ3n) is 4.77. The predicted molar refractivity (Wildman–Crippen MR) is 113 cm³/mol. The maximum atomic E-state index is 13.2. The molecule has 0 atom stereocenters. The van der Waals surface area contributed by atoms with Crippen LogP contribution in [0.2, 0.25) is 5.02 Å². The second kappa shape index (κ2) is 7.27. The summed E-state index contributed by atoms with van der Waals surface area (Å²) in [6.45, 7) is 1.81. The Morgan fingerprint density at radius 2 is 1.83 bits per heavy atom. The van der Waals surface area contributed by atoms with Crippen LogP contribution < -0.4 is 11.1 Å². The summed E-state index contributed by atoms with van der Waals surface area (Å²) in [4.78, 5) is 29.6. The van der Waals surface area contributed by atoms with Crippen LogP contribution in [0, 0.1) is 6.92 Å². The van der Waals surface area contributed by atoms with Crippen molar-refractivity contribution in [3.63, 3.8) is 0 Å². The second-order valence-corrected chi connectivity index (χ2v) is 7.25. The largest absolute Gasteiger partial charge is 0.364 e. The van der Waals surface area contributed by atoms with E-state index in [4.69, 9.17) is 17.3 Å². The van der Waals surface area contributed by atoms with Crippen molar-refractivity contribution in [3.05, 3.63) is 58.5 Å². The number of halogens is 1. The Morgan fingerprint density at radius 3 is 2.50 bits per heavy atom. The molecule has 1 aromatic carbocycles. The van der Waals surface area contributed by atoms with Gasteiger partial charge < -0.3 is 11.1 Å². The van der Waals surface area contributed by atoms with Crippen LogP contribution in [0.25, 0.3) is 22.3 Å². The number of carbonyl (C=O) groups excluding carboxylic acids is 2. The first-order valence-electron chi connectivity index (χ1n) is 8.99. The van der Waals surface area contributed by atoms with Crippen molar-refractivity contribution in [2.24, 2.45) is 19.8 Å². The van der Waals surface area contributed by atoms with Crippen molar-refractivity contribution in [2.45, 2.75) is 6.92 Å². The van der Waals surface area contributed by atoms with Crippen LogP contribution in [0.3, 0.4) is 0 Å². The highest BCUT2D eigenvalue weighted by molar-refractivity contribution is 6.30. The Balaban J connectivity index is 1.86. The lowest BCUT2D eigenvalue weighted by Crippen LogP contribution is -2.20. The van der Waals surface area contributed by atoms with Gasteiger partial charge in [0.1, 0.15) is 5.69 Å². The van der Waals surface area contributed by atoms with Crippen LogP contribution in [0.15, 0.2) is 36.5 Å². The van der Waals surface area contributed by atoms with E-state index in [1.54, 1.807) is 37.0 Å². The van der Waals surface area contributed by atoms with Gasteiger partial charge in [-0.2, -0.15) is 10.2 Å². The molecule has 2 amide bonds. The zero-order chi connectivity index (χ0) is 21.6. The average molecular weight is 424 g/mol.